The van der Waals surface area contributed by atoms with Gasteiger partial charge in [0.15, 0.2) is 12.2 Å². The van der Waals surface area contributed by atoms with Crippen LogP contribution in [0.3, 0.4) is 0 Å². The Bertz CT molecular complexity index is 1780. The van der Waals surface area contributed by atoms with Gasteiger partial charge in [-0.1, -0.05) is 299 Å². The minimum atomic E-state index is -4.95. The number of unbranched alkanes of at least 4 members (excludes halogenated alkanes) is 34. The minimum absolute atomic E-state index is 0.102. The lowest BCUT2D eigenvalue weighted by atomic mass is 10.0. The summed E-state index contributed by atoms with van der Waals surface area (Å²) in [7, 11) is -9.90. The van der Waals surface area contributed by atoms with Crippen molar-refractivity contribution in [3.8, 4) is 0 Å². The summed E-state index contributed by atoms with van der Waals surface area (Å²) in [5, 5.41) is 10.6. The van der Waals surface area contributed by atoms with Gasteiger partial charge in [0.2, 0.25) is 0 Å². The standard InChI is InChI=1S/C71H138O17P2/c1-61(2)47-39-31-23-18-14-10-9-11-17-21-27-37-45-53-70(75)87-66(57-82-69(74)52-44-36-28-22-25-33-41-49-63(5)6)59-85-89(77,78)83-55-65(72)56-84-90(79,80)86-60-67(88-71(76)54-46-38-30-29-34-42-50-64(7)8)58-81-68(73)51-43-35-26-20-16-13-12-15-19-24-32-40-48-62(3)4/h61-67,72H,9-60H2,1-8H3,(H,77,78)(H,79,80)/t65?,66-,67-/m1/s1. The first-order valence-corrected chi connectivity index (χ1v) is 39.7. The molecule has 0 aromatic rings. The first-order chi connectivity index (χ1) is 43.1. The van der Waals surface area contributed by atoms with Gasteiger partial charge in [-0.15, -0.1) is 0 Å². The maximum Gasteiger partial charge on any atom is 0.472 e. The van der Waals surface area contributed by atoms with Crippen LogP contribution in [0, 0.1) is 23.7 Å². The Balaban J connectivity index is 5.20. The monoisotopic (exact) mass is 1320 g/mol. The molecule has 0 aromatic heterocycles. The molecule has 0 fully saturated rings. The van der Waals surface area contributed by atoms with E-state index in [4.69, 9.17) is 37.0 Å². The average Bonchev–Trinajstić information content (AvgIpc) is 3.00. The van der Waals surface area contributed by atoms with Gasteiger partial charge in [-0.2, -0.15) is 0 Å². The molecular weight excluding hydrogens is 1190 g/mol. The van der Waals surface area contributed by atoms with Crippen LogP contribution in [0.2, 0.25) is 0 Å². The van der Waals surface area contributed by atoms with Crippen molar-refractivity contribution in [2.24, 2.45) is 23.7 Å². The van der Waals surface area contributed by atoms with Crippen LogP contribution in [0.25, 0.3) is 0 Å². The van der Waals surface area contributed by atoms with Gasteiger partial charge in [-0.3, -0.25) is 37.3 Å². The summed E-state index contributed by atoms with van der Waals surface area (Å²) in [6.07, 6.45) is 43.3. The number of hydrogen-bond donors (Lipinski definition) is 3. The Morgan fingerprint density at radius 3 is 0.689 bits per heavy atom. The number of aliphatic hydroxyl groups is 1. The largest absolute Gasteiger partial charge is 0.472 e. The lowest BCUT2D eigenvalue weighted by Gasteiger charge is -2.21. The normalized spacial score (nSPS) is 14.3. The number of carbonyl (C=O) groups excluding carboxylic acids is 4. The van der Waals surface area contributed by atoms with Crippen LogP contribution in [-0.4, -0.2) is 96.7 Å². The summed E-state index contributed by atoms with van der Waals surface area (Å²) < 4.78 is 68.3. The third-order valence-electron chi connectivity index (χ3n) is 16.3. The molecule has 3 N–H and O–H groups in total. The SMILES string of the molecule is CC(C)CCCCCCCCCCCCCCCC(=O)O[C@H](COC(=O)CCCCCCCCCC(C)C)COP(=O)(O)OCC(O)COP(=O)(O)OC[C@@H](COC(=O)CCCCCCCCCCCCCCC(C)C)OC(=O)CCCCCCCCC(C)C. The highest BCUT2D eigenvalue weighted by Crippen LogP contribution is 2.45. The van der Waals surface area contributed by atoms with Gasteiger partial charge < -0.3 is 33.8 Å². The van der Waals surface area contributed by atoms with Crippen molar-refractivity contribution in [2.45, 2.75) is 369 Å². The van der Waals surface area contributed by atoms with Crippen LogP contribution in [0.4, 0.5) is 0 Å². The molecular formula is C71H138O17P2. The topological polar surface area (TPSA) is 237 Å². The number of carbonyl (C=O) groups is 4. The Morgan fingerprint density at radius 1 is 0.278 bits per heavy atom. The van der Waals surface area contributed by atoms with E-state index >= 15 is 0 Å². The summed E-state index contributed by atoms with van der Waals surface area (Å²) >= 11 is 0. The molecule has 0 saturated carbocycles. The highest BCUT2D eigenvalue weighted by molar-refractivity contribution is 7.47. The molecule has 0 rings (SSSR count). The van der Waals surface area contributed by atoms with Crippen molar-refractivity contribution in [1.82, 2.24) is 0 Å². The predicted octanol–water partition coefficient (Wildman–Crippen LogP) is 20.1. The first kappa shape index (κ1) is 88.1. The fraction of sp³-hybridized carbons (Fsp3) is 0.944. The zero-order valence-corrected chi connectivity index (χ0v) is 60.6. The number of hydrogen-bond acceptors (Lipinski definition) is 15. The van der Waals surface area contributed by atoms with Crippen molar-refractivity contribution < 1.29 is 80.2 Å². The van der Waals surface area contributed by atoms with E-state index in [1.807, 2.05) is 0 Å². The summed E-state index contributed by atoms with van der Waals surface area (Å²) in [5.41, 5.74) is 0. The van der Waals surface area contributed by atoms with Gasteiger partial charge in [0.25, 0.3) is 0 Å². The molecule has 0 radical (unpaired) electrons. The highest BCUT2D eigenvalue weighted by Gasteiger charge is 2.30. The molecule has 0 heterocycles. The molecule has 0 aromatic carbocycles. The maximum absolute atomic E-state index is 13.0. The van der Waals surface area contributed by atoms with Gasteiger partial charge in [-0.25, -0.2) is 9.13 Å². The fourth-order valence-electron chi connectivity index (χ4n) is 10.7. The number of ether oxygens (including phenoxy) is 4. The third kappa shape index (κ3) is 64.8. The van der Waals surface area contributed by atoms with Gasteiger partial charge in [0, 0.05) is 25.7 Å². The van der Waals surface area contributed by atoms with E-state index in [0.717, 1.165) is 108 Å². The molecule has 17 nitrogen and oxygen atoms in total. The Kier molecular flexibility index (Phi) is 59.4. The number of aliphatic hydroxyl groups excluding tert-OH is 1. The molecule has 5 atom stereocenters. The van der Waals surface area contributed by atoms with Gasteiger partial charge in [0.1, 0.15) is 19.3 Å². The zero-order chi connectivity index (χ0) is 66.8. The summed E-state index contributed by atoms with van der Waals surface area (Å²) in [6, 6.07) is 0. The molecule has 0 bridgehead atoms. The van der Waals surface area contributed by atoms with E-state index in [1.165, 1.54) is 148 Å². The van der Waals surface area contributed by atoms with E-state index < -0.39 is 97.5 Å². The van der Waals surface area contributed by atoms with E-state index in [2.05, 4.69) is 55.4 Å². The van der Waals surface area contributed by atoms with E-state index in [-0.39, 0.29) is 25.7 Å². The van der Waals surface area contributed by atoms with Gasteiger partial charge in [-0.05, 0) is 49.4 Å². The molecule has 0 aliphatic rings. The summed E-state index contributed by atoms with van der Waals surface area (Å²) in [5.74, 6) is 0.810. The molecule has 0 aliphatic carbocycles. The van der Waals surface area contributed by atoms with E-state index in [0.29, 0.717) is 37.5 Å². The van der Waals surface area contributed by atoms with Crippen LogP contribution in [0.1, 0.15) is 351 Å². The minimum Gasteiger partial charge on any atom is -0.462 e. The highest BCUT2D eigenvalue weighted by atomic mass is 31.2. The fourth-order valence-corrected chi connectivity index (χ4v) is 12.2. The average molecular weight is 1330 g/mol. The smallest absolute Gasteiger partial charge is 0.462 e. The Labute approximate surface area is 549 Å². The molecule has 0 saturated heterocycles. The second-order valence-corrected chi connectivity index (χ2v) is 30.4. The second-order valence-electron chi connectivity index (χ2n) is 27.5. The number of phosphoric ester groups is 2. The van der Waals surface area contributed by atoms with Crippen molar-refractivity contribution >= 4 is 39.5 Å². The zero-order valence-electron chi connectivity index (χ0n) is 58.8. The molecule has 0 amide bonds. The van der Waals surface area contributed by atoms with Crippen LogP contribution in [0.5, 0.6) is 0 Å². The number of esters is 4. The summed E-state index contributed by atoms with van der Waals surface area (Å²) in [4.78, 5) is 72.5. The Morgan fingerprint density at radius 2 is 0.467 bits per heavy atom. The first-order valence-electron chi connectivity index (χ1n) is 36.7. The number of rotatable bonds is 68. The molecule has 19 heteroatoms. The van der Waals surface area contributed by atoms with Crippen LogP contribution in [0.15, 0.2) is 0 Å². The quantitative estimate of drug-likeness (QED) is 0.0222. The van der Waals surface area contributed by atoms with Gasteiger partial charge in [0.05, 0.1) is 26.4 Å². The molecule has 3 unspecified atom stereocenters. The maximum atomic E-state index is 13.0. The van der Waals surface area contributed by atoms with E-state index in [9.17, 15) is 43.2 Å². The van der Waals surface area contributed by atoms with Crippen molar-refractivity contribution in [2.75, 3.05) is 39.6 Å². The van der Waals surface area contributed by atoms with Crippen LogP contribution >= 0.6 is 15.6 Å². The Hall–Kier alpha value is -1.94. The second kappa shape index (κ2) is 60.7. The van der Waals surface area contributed by atoms with Crippen LogP contribution < -0.4 is 0 Å². The predicted molar refractivity (Wildman–Crippen MR) is 363 cm³/mol. The third-order valence-corrected chi connectivity index (χ3v) is 18.2. The summed E-state index contributed by atoms with van der Waals surface area (Å²) in [6.45, 7) is 14.0. The molecule has 0 spiro atoms. The lowest BCUT2D eigenvalue weighted by molar-refractivity contribution is -0.161. The van der Waals surface area contributed by atoms with Crippen molar-refractivity contribution in [3.05, 3.63) is 0 Å². The molecule has 90 heavy (non-hydrogen) atoms. The van der Waals surface area contributed by atoms with Crippen LogP contribution in [-0.2, 0) is 65.4 Å². The molecule has 534 valence electrons. The lowest BCUT2D eigenvalue weighted by Crippen LogP contribution is -2.30. The van der Waals surface area contributed by atoms with Crippen molar-refractivity contribution in [1.29, 1.82) is 0 Å². The molecule has 0 aliphatic heterocycles. The van der Waals surface area contributed by atoms with Crippen molar-refractivity contribution in [3.63, 3.8) is 0 Å². The number of phosphoric acid groups is 2. The van der Waals surface area contributed by atoms with Gasteiger partial charge >= 0.3 is 39.5 Å². The van der Waals surface area contributed by atoms with E-state index in [1.54, 1.807) is 0 Å².